The molecule has 0 aliphatic carbocycles. The molecular weight excluding hydrogens is 354 g/mol. The molecule has 0 aliphatic heterocycles. The molecule has 1 N–H and O–H groups in total. The number of halogens is 2. The monoisotopic (exact) mass is 369 g/mol. The fraction of sp³-hybridized carbons (Fsp3) is 0.333. The van der Waals surface area contributed by atoms with Crippen molar-refractivity contribution < 1.29 is 4.74 Å². The minimum atomic E-state index is 0.0546. The first-order valence-corrected chi connectivity index (χ1v) is 7.69. The molecule has 21 heavy (non-hydrogen) atoms. The number of nitrogens with zero attached hydrogens (tertiary/aromatic N) is 2. The van der Waals surface area contributed by atoms with Gasteiger partial charge in [0.05, 0.1) is 5.02 Å². The number of aromatic nitrogens is 2. The van der Waals surface area contributed by atoms with Gasteiger partial charge in [0, 0.05) is 34.5 Å². The normalized spacial score (nSPS) is 11.5. The van der Waals surface area contributed by atoms with Crippen molar-refractivity contribution >= 4 is 27.5 Å². The molecule has 1 heterocycles. The van der Waals surface area contributed by atoms with E-state index < -0.39 is 0 Å². The maximum absolute atomic E-state index is 6.07. The van der Waals surface area contributed by atoms with E-state index in [1.807, 2.05) is 6.07 Å². The summed E-state index contributed by atoms with van der Waals surface area (Å²) in [7, 11) is 0. The second-order valence-electron chi connectivity index (χ2n) is 5.65. The molecule has 4 nitrogen and oxygen atoms in total. The highest BCUT2D eigenvalue weighted by atomic mass is 79.9. The smallest absolute Gasteiger partial charge is 0.321 e. The molecule has 0 bridgehead atoms. The minimum Gasteiger partial charge on any atom is -0.423 e. The summed E-state index contributed by atoms with van der Waals surface area (Å²) < 4.78 is 6.47. The van der Waals surface area contributed by atoms with Crippen molar-refractivity contribution in [3.8, 4) is 11.8 Å². The number of hydrogen-bond donors (Lipinski definition) is 1. The number of hydrogen-bond acceptors (Lipinski definition) is 4. The van der Waals surface area contributed by atoms with E-state index in [-0.39, 0.29) is 11.5 Å². The van der Waals surface area contributed by atoms with Crippen LogP contribution in [0.3, 0.4) is 0 Å². The van der Waals surface area contributed by atoms with Crippen LogP contribution in [0.4, 0.5) is 0 Å². The van der Waals surface area contributed by atoms with E-state index in [1.165, 1.54) is 0 Å². The van der Waals surface area contributed by atoms with Crippen molar-refractivity contribution in [3.63, 3.8) is 0 Å². The van der Waals surface area contributed by atoms with Crippen LogP contribution in [0.1, 0.15) is 26.3 Å². The van der Waals surface area contributed by atoms with E-state index in [0.717, 1.165) is 10.0 Å². The molecule has 0 unspecified atom stereocenters. The molecule has 6 heteroatoms. The van der Waals surface area contributed by atoms with Crippen LogP contribution in [0.25, 0.3) is 0 Å². The van der Waals surface area contributed by atoms with E-state index in [4.69, 9.17) is 16.3 Å². The average molecular weight is 371 g/mol. The summed E-state index contributed by atoms with van der Waals surface area (Å²) >= 11 is 9.44. The lowest BCUT2D eigenvalue weighted by atomic mass is 10.1. The van der Waals surface area contributed by atoms with Crippen LogP contribution < -0.4 is 10.1 Å². The fourth-order valence-corrected chi connectivity index (χ4v) is 2.00. The summed E-state index contributed by atoms with van der Waals surface area (Å²) in [5.74, 6) is 0.520. The Balaban J connectivity index is 2.04. The second-order valence-corrected chi connectivity index (χ2v) is 6.98. The van der Waals surface area contributed by atoms with E-state index in [0.29, 0.717) is 17.3 Å². The topological polar surface area (TPSA) is 47.0 Å². The van der Waals surface area contributed by atoms with Crippen molar-refractivity contribution in [1.82, 2.24) is 15.3 Å². The molecule has 1 aromatic heterocycles. The summed E-state index contributed by atoms with van der Waals surface area (Å²) in [5, 5.41) is 3.89. The summed E-state index contributed by atoms with van der Waals surface area (Å²) in [6.45, 7) is 7.04. The lowest BCUT2D eigenvalue weighted by molar-refractivity contribution is 0.420. The highest BCUT2D eigenvalue weighted by molar-refractivity contribution is 9.10. The first-order valence-electron chi connectivity index (χ1n) is 6.52. The zero-order valence-corrected chi connectivity index (χ0v) is 14.5. The van der Waals surface area contributed by atoms with Gasteiger partial charge in [0.1, 0.15) is 0 Å². The number of ether oxygens (including phenoxy) is 1. The number of rotatable bonds is 4. The van der Waals surface area contributed by atoms with Gasteiger partial charge in [0.15, 0.2) is 5.75 Å². The molecule has 1 aromatic carbocycles. The Morgan fingerprint density at radius 2 is 1.90 bits per heavy atom. The van der Waals surface area contributed by atoms with Crippen LogP contribution in [-0.4, -0.2) is 15.5 Å². The Morgan fingerprint density at radius 1 is 1.24 bits per heavy atom. The summed E-state index contributed by atoms with van der Waals surface area (Å²) in [4.78, 5) is 8.40. The van der Waals surface area contributed by atoms with E-state index >= 15 is 0 Å². The van der Waals surface area contributed by atoms with Crippen molar-refractivity contribution in [2.24, 2.45) is 0 Å². The highest BCUT2D eigenvalue weighted by Gasteiger charge is 2.10. The molecule has 112 valence electrons. The third kappa shape index (κ3) is 5.26. The molecule has 0 spiro atoms. The molecule has 0 aliphatic rings. The van der Waals surface area contributed by atoms with Gasteiger partial charge in [-0.25, -0.2) is 9.97 Å². The first-order chi connectivity index (χ1) is 9.83. The Bertz CT molecular complexity index is 611. The predicted octanol–water partition coefficient (Wildman–Crippen LogP) is 4.57. The maximum atomic E-state index is 6.07. The van der Waals surface area contributed by atoms with E-state index in [9.17, 15) is 0 Å². The molecule has 2 aromatic rings. The van der Waals surface area contributed by atoms with Gasteiger partial charge >= 0.3 is 6.01 Å². The molecule has 0 fully saturated rings. The lowest BCUT2D eigenvalue weighted by Gasteiger charge is -2.20. The van der Waals surface area contributed by atoms with Gasteiger partial charge in [0.2, 0.25) is 0 Å². The molecular formula is C15H17BrClN3O. The van der Waals surface area contributed by atoms with Gasteiger partial charge in [0.25, 0.3) is 0 Å². The third-order valence-corrected chi connectivity index (χ3v) is 3.40. The third-order valence-electron chi connectivity index (χ3n) is 2.60. The van der Waals surface area contributed by atoms with Crippen LogP contribution in [0.2, 0.25) is 5.02 Å². The zero-order valence-electron chi connectivity index (χ0n) is 12.2. The number of nitrogens with one attached hydrogen (secondary N) is 1. The zero-order chi connectivity index (χ0) is 15.5. The Kier molecular flexibility index (Phi) is 5.19. The number of benzene rings is 1. The van der Waals surface area contributed by atoms with Gasteiger partial charge in [-0.2, -0.15) is 0 Å². The minimum absolute atomic E-state index is 0.0546. The SMILES string of the molecule is CC(C)(C)NCc1cnc(Oc2cc(Br)ccc2Cl)nc1. The Morgan fingerprint density at radius 3 is 2.52 bits per heavy atom. The maximum Gasteiger partial charge on any atom is 0.321 e. The van der Waals surface area contributed by atoms with Crippen LogP contribution in [-0.2, 0) is 6.54 Å². The van der Waals surface area contributed by atoms with Crippen molar-refractivity contribution in [2.75, 3.05) is 0 Å². The van der Waals surface area contributed by atoms with Gasteiger partial charge in [-0.3, -0.25) is 0 Å². The van der Waals surface area contributed by atoms with Crippen molar-refractivity contribution in [3.05, 3.63) is 45.7 Å². The van der Waals surface area contributed by atoms with Crippen molar-refractivity contribution in [2.45, 2.75) is 32.9 Å². The molecule has 0 saturated heterocycles. The quantitative estimate of drug-likeness (QED) is 0.856. The average Bonchev–Trinajstić information content (AvgIpc) is 2.41. The standard InChI is InChI=1S/C15H17BrClN3O/c1-15(2,3)20-9-10-7-18-14(19-8-10)21-13-6-11(16)4-5-12(13)17/h4-8,20H,9H2,1-3H3. The van der Waals surface area contributed by atoms with Crippen LogP contribution in [0, 0.1) is 0 Å². The van der Waals surface area contributed by atoms with Gasteiger partial charge < -0.3 is 10.1 Å². The molecule has 0 amide bonds. The summed E-state index contributed by atoms with van der Waals surface area (Å²) in [5.41, 5.74) is 1.05. The van der Waals surface area contributed by atoms with Crippen LogP contribution in [0.5, 0.6) is 11.8 Å². The Hall–Kier alpha value is -1.17. The fourth-order valence-electron chi connectivity index (χ4n) is 1.51. The molecule has 0 radical (unpaired) electrons. The highest BCUT2D eigenvalue weighted by Crippen LogP contribution is 2.30. The van der Waals surface area contributed by atoms with Crippen molar-refractivity contribution in [1.29, 1.82) is 0 Å². The predicted molar refractivity (Wildman–Crippen MR) is 87.9 cm³/mol. The summed E-state index contributed by atoms with van der Waals surface area (Å²) in [6.07, 6.45) is 3.49. The van der Waals surface area contributed by atoms with Gasteiger partial charge in [-0.05, 0) is 39.0 Å². The van der Waals surface area contributed by atoms with Gasteiger partial charge in [-0.15, -0.1) is 0 Å². The largest absolute Gasteiger partial charge is 0.423 e. The van der Waals surface area contributed by atoms with Gasteiger partial charge in [-0.1, -0.05) is 27.5 Å². The second kappa shape index (κ2) is 6.73. The Labute approximate surface area is 138 Å². The molecule has 0 saturated carbocycles. The van der Waals surface area contributed by atoms with Crippen LogP contribution >= 0.6 is 27.5 Å². The lowest BCUT2D eigenvalue weighted by Crippen LogP contribution is -2.35. The van der Waals surface area contributed by atoms with E-state index in [1.54, 1.807) is 24.5 Å². The van der Waals surface area contributed by atoms with E-state index in [2.05, 4.69) is 52.0 Å². The first kappa shape index (κ1) is 16.2. The van der Waals surface area contributed by atoms with Crippen LogP contribution in [0.15, 0.2) is 35.1 Å². The molecule has 0 atom stereocenters. The summed E-state index contributed by atoms with van der Waals surface area (Å²) in [6, 6.07) is 5.65. The molecule has 2 rings (SSSR count).